The molecule has 0 radical (unpaired) electrons. The monoisotopic (exact) mass is 225 g/mol. The van der Waals surface area contributed by atoms with Gasteiger partial charge in [0.05, 0.1) is 12.0 Å². The van der Waals surface area contributed by atoms with Gasteiger partial charge in [-0.05, 0) is 12.8 Å². The maximum absolute atomic E-state index is 11.2. The Morgan fingerprint density at radius 1 is 1.62 bits per heavy atom. The number of hydrogen-bond donors (Lipinski definition) is 2. The van der Waals surface area contributed by atoms with Crippen molar-refractivity contribution in [3.05, 3.63) is 24.8 Å². The van der Waals surface area contributed by atoms with Crippen molar-refractivity contribution in [2.24, 2.45) is 5.92 Å². The van der Waals surface area contributed by atoms with Crippen LogP contribution < -0.4 is 5.32 Å². The van der Waals surface area contributed by atoms with Crippen molar-refractivity contribution < 1.29 is 19.4 Å². The van der Waals surface area contributed by atoms with Crippen molar-refractivity contribution in [1.29, 1.82) is 0 Å². The van der Waals surface area contributed by atoms with E-state index in [1.54, 1.807) is 12.2 Å². The molecule has 0 unspecified atom stereocenters. The van der Waals surface area contributed by atoms with E-state index in [0.717, 1.165) is 0 Å². The van der Waals surface area contributed by atoms with Crippen molar-refractivity contribution >= 4 is 12.1 Å². The second-order valence-electron chi connectivity index (χ2n) is 3.57. The second-order valence-corrected chi connectivity index (χ2v) is 3.57. The number of carboxylic acid groups (broad SMARTS) is 1. The first-order chi connectivity index (χ1) is 7.63. The van der Waals surface area contributed by atoms with Crippen LogP contribution in [-0.2, 0) is 9.53 Å². The second kappa shape index (κ2) is 5.95. The molecule has 0 aromatic carbocycles. The fourth-order valence-electron chi connectivity index (χ4n) is 1.52. The van der Waals surface area contributed by atoms with Gasteiger partial charge >= 0.3 is 12.1 Å². The van der Waals surface area contributed by atoms with Gasteiger partial charge in [-0.3, -0.25) is 4.79 Å². The maximum atomic E-state index is 11.2. The van der Waals surface area contributed by atoms with Gasteiger partial charge in [-0.15, -0.1) is 0 Å². The zero-order valence-corrected chi connectivity index (χ0v) is 8.89. The van der Waals surface area contributed by atoms with Crippen LogP contribution in [-0.4, -0.2) is 29.8 Å². The summed E-state index contributed by atoms with van der Waals surface area (Å²) in [4.78, 5) is 22.0. The molecule has 0 aromatic rings. The summed E-state index contributed by atoms with van der Waals surface area (Å²) in [7, 11) is 0. The number of aliphatic carboxylic acids is 1. The standard InChI is InChI=1S/C11H15NO4/c1-2-6-16-11(15)12-9-5-3-4-8(7-9)10(13)14/h2-3,5,8-9H,1,4,6-7H2,(H,12,15)(H,13,14)/t8-,9-/m1/s1. The summed E-state index contributed by atoms with van der Waals surface area (Å²) in [6.45, 7) is 3.56. The highest BCUT2D eigenvalue weighted by Crippen LogP contribution is 2.18. The summed E-state index contributed by atoms with van der Waals surface area (Å²) in [5.74, 6) is -1.27. The number of ether oxygens (including phenoxy) is 1. The molecular formula is C11H15NO4. The predicted octanol–water partition coefficient (Wildman–Crippen LogP) is 1.32. The third-order valence-electron chi connectivity index (χ3n) is 2.31. The first-order valence-electron chi connectivity index (χ1n) is 5.07. The number of carbonyl (C=O) groups excluding carboxylic acids is 1. The number of allylic oxidation sites excluding steroid dienone is 1. The molecule has 2 atom stereocenters. The van der Waals surface area contributed by atoms with Gasteiger partial charge in [0.2, 0.25) is 0 Å². The third-order valence-corrected chi connectivity index (χ3v) is 2.31. The highest BCUT2D eigenvalue weighted by Gasteiger charge is 2.24. The molecule has 0 aliphatic heterocycles. The van der Waals surface area contributed by atoms with E-state index in [0.29, 0.717) is 12.8 Å². The quantitative estimate of drug-likeness (QED) is 0.707. The van der Waals surface area contributed by atoms with Crippen molar-refractivity contribution in [1.82, 2.24) is 5.32 Å². The smallest absolute Gasteiger partial charge is 0.407 e. The lowest BCUT2D eigenvalue weighted by atomic mass is 9.91. The fourth-order valence-corrected chi connectivity index (χ4v) is 1.52. The molecule has 0 heterocycles. The Kier molecular flexibility index (Phi) is 4.57. The molecule has 0 spiro atoms. The van der Waals surface area contributed by atoms with Crippen molar-refractivity contribution in [3.63, 3.8) is 0 Å². The normalized spacial score (nSPS) is 23.5. The van der Waals surface area contributed by atoms with E-state index in [9.17, 15) is 9.59 Å². The van der Waals surface area contributed by atoms with Crippen molar-refractivity contribution in [2.75, 3.05) is 6.61 Å². The van der Waals surface area contributed by atoms with Gasteiger partial charge < -0.3 is 15.2 Å². The summed E-state index contributed by atoms with van der Waals surface area (Å²) in [5.41, 5.74) is 0. The van der Waals surface area contributed by atoms with Crippen LogP contribution >= 0.6 is 0 Å². The Morgan fingerprint density at radius 3 is 3.00 bits per heavy atom. The molecule has 1 aliphatic rings. The van der Waals surface area contributed by atoms with Crippen LogP contribution in [0.3, 0.4) is 0 Å². The summed E-state index contributed by atoms with van der Waals surface area (Å²) >= 11 is 0. The number of nitrogens with one attached hydrogen (secondary N) is 1. The average Bonchev–Trinajstić information content (AvgIpc) is 2.26. The zero-order chi connectivity index (χ0) is 12.0. The Labute approximate surface area is 93.8 Å². The minimum Gasteiger partial charge on any atom is -0.481 e. The van der Waals surface area contributed by atoms with Gasteiger partial charge in [0, 0.05) is 0 Å². The zero-order valence-electron chi connectivity index (χ0n) is 8.89. The molecule has 0 aromatic heterocycles. The van der Waals surface area contributed by atoms with Crippen molar-refractivity contribution in [3.8, 4) is 0 Å². The topological polar surface area (TPSA) is 75.6 Å². The Bertz CT molecular complexity index is 311. The minimum atomic E-state index is -0.837. The summed E-state index contributed by atoms with van der Waals surface area (Å²) < 4.78 is 4.74. The van der Waals surface area contributed by atoms with Gasteiger partial charge in [-0.25, -0.2) is 4.79 Å². The number of hydrogen-bond acceptors (Lipinski definition) is 3. The molecule has 0 fully saturated rings. The molecule has 0 saturated heterocycles. The van der Waals surface area contributed by atoms with Crippen molar-refractivity contribution in [2.45, 2.75) is 18.9 Å². The van der Waals surface area contributed by atoms with E-state index in [1.165, 1.54) is 6.08 Å². The number of carbonyl (C=O) groups is 2. The highest BCUT2D eigenvalue weighted by molar-refractivity contribution is 5.71. The van der Waals surface area contributed by atoms with Gasteiger partial charge in [0.1, 0.15) is 6.61 Å². The number of carboxylic acids is 1. The molecule has 1 rings (SSSR count). The van der Waals surface area contributed by atoms with Gasteiger partial charge in [-0.1, -0.05) is 24.8 Å². The van der Waals surface area contributed by atoms with Crippen LogP contribution in [0.2, 0.25) is 0 Å². The molecule has 0 saturated carbocycles. The summed E-state index contributed by atoms with van der Waals surface area (Å²) in [5, 5.41) is 11.4. The molecule has 88 valence electrons. The molecule has 5 heteroatoms. The van der Waals surface area contributed by atoms with E-state index in [-0.39, 0.29) is 12.6 Å². The van der Waals surface area contributed by atoms with Crippen LogP contribution in [0, 0.1) is 5.92 Å². The number of alkyl carbamates (subject to hydrolysis) is 1. The van der Waals surface area contributed by atoms with E-state index >= 15 is 0 Å². The van der Waals surface area contributed by atoms with Gasteiger partial charge in [-0.2, -0.15) is 0 Å². The number of rotatable bonds is 4. The molecule has 16 heavy (non-hydrogen) atoms. The van der Waals surface area contributed by atoms with E-state index in [2.05, 4.69) is 11.9 Å². The Hall–Kier alpha value is -1.78. The van der Waals surface area contributed by atoms with Crippen LogP contribution in [0.15, 0.2) is 24.8 Å². The van der Waals surface area contributed by atoms with Crippen LogP contribution in [0.5, 0.6) is 0 Å². The largest absolute Gasteiger partial charge is 0.481 e. The van der Waals surface area contributed by atoms with Gasteiger partial charge in [0.15, 0.2) is 0 Å². The Morgan fingerprint density at radius 2 is 2.38 bits per heavy atom. The molecule has 5 nitrogen and oxygen atoms in total. The third kappa shape index (κ3) is 3.76. The summed E-state index contributed by atoms with van der Waals surface area (Å²) in [6.07, 6.45) is 5.37. The molecular weight excluding hydrogens is 210 g/mol. The maximum Gasteiger partial charge on any atom is 0.407 e. The lowest BCUT2D eigenvalue weighted by molar-refractivity contribution is -0.142. The lowest BCUT2D eigenvalue weighted by Crippen LogP contribution is -2.38. The Balaban J connectivity index is 2.40. The van der Waals surface area contributed by atoms with E-state index < -0.39 is 18.0 Å². The molecule has 1 amide bonds. The summed E-state index contributed by atoms with van der Waals surface area (Å²) in [6, 6.07) is -0.271. The molecule has 1 aliphatic carbocycles. The SMILES string of the molecule is C=CCOC(=O)N[C@@H]1C=CC[C@@H](C(=O)O)C1. The first kappa shape index (κ1) is 12.3. The predicted molar refractivity (Wildman–Crippen MR) is 58.0 cm³/mol. The van der Waals surface area contributed by atoms with E-state index in [1.807, 2.05) is 0 Å². The van der Waals surface area contributed by atoms with Crippen LogP contribution in [0.1, 0.15) is 12.8 Å². The molecule has 2 N–H and O–H groups in total. The van der Waals surface area contributed by atoms with Gasteiger partial charge in [0.25, 0.3) is 0 Å². The van der Waals surface area contributed by atoms with E-state index in [4.69, 9.17) is 9.84 Å². The molecule has 0 bridgehead atoms. The number of amides is 1. The average molecular weight is 225 g/mol. The first-order valence-corrected chi connectivity index (χ1v) is 5.07. The highest BCUT2D eigenvalue weighted by atomic mass is 16.5. The van der Waals surface area contributed by atoms with Crippen LogP contribution in [0.25, 0.3) is 0 Å². The van der Waals surface area contributed by atoms with Crippen LogP contribution in [0.4, 0.5) is 4.79 Å². The minimum absolute atomic E-state index is 0.143. The fraction of sp³-hybridized carbons (Fsp3) is 0.455. The lowest BCUT2D eigenvalue weighted by Gasteiger charge is -2.22.